The second kappa shape index (κ2) is 17.0. The van der Waals surface area contributed by atoms with Crippen molar-refractivity contribution in [2.45, 2.75) is 94.9 Å². The van der Waals surface area contributed by atoms with Crippen molar-refractivity contribution in [3.05, 3.63) is 62.9 Å². The van der Waals surface area contributed by atoms with Crippen LogP contribution in [0.25, 0.3) is 22.1 Å². The number of piperidine rings is 2. The number of pyridine rings is 1. The van der Waals surface area contributed by atoms with E-state index in [0.717, 1.165) is 68.1 Å². The zero-order valence-electron chi connectivity index (χ0n) is 33.3. The number of rotatable bonds is 13. The fourth-order valence-corrected chi connectivity index (χ4v) is 10.7. The Morgan fingerprint density at radius 1 is 0.983 bits per heavy atom. The number of nitrogens with one attached hydrogen (secondary N) is 2. The number of hydrogen-bond acceptors (Lipinski definition) is 11. The summed E-state index contributed by atoms with van der Waals surface area (Å²) in [6.07, 6.45) is 9.66. The molecule has 3 aliphatic heterocycles. The summed E-state index contributed by atoms with van der Waals surface area (Å²) in [6, 6.07) is 8.58. The van der Waals surface area contributed by atoms with Gasteiger partial charge in [-0.2, -0.15) is 22.0 Å². The van der Waals surface area contributed by atoms with E-state index in [4.69, 9.17) is 9.72 Å². The Hall–Kier alpha value is -4.49. The standard InChI is InChI=1S/C40H54N10O7S/c1-45(58(55,56)48-21-16-29(17-22-48)42-39-41-25-28-12-15-35(52)49(37(28)44-39)30-9-3-4-10-30)20-18-31-26-47(23-24-57-31)19-6-8-27-7-5-11-32-36(27)46(2)40(54)50(32)33-13-14-34(51)43-38(33)53/h5,7,11-12,15,25,29-31,33H,3-4,6,8-10,13-14,16-24,26H2,1-2H3,(H,41,42,44)(H,43,51,53)/t31-,33?/m0/s1. The van der Waals surface area contributed by atoms with Gasteiger partial charge in [0.15, 0.2) is 0 Å². The van der Waals surface area contributed by atoms with E-state index in [9.17, 15) is 27.6 Å². The van der Waals surface area contributed by atoms with E-state index in [1.165, 1.54) is 8.87 Å². The number of fused-ring (bicyclic) bond motifs is 2. The Kier molecular flexibility index (Phi) is 11.8. The summed E-state index contributed by atoms with van der Waals surface area (Å²) in [6.45, 7) is 3.97. The van der Waals surface area contributed by atoms with Crippen molar-refractivity contribution in [1.82, 2.24) is 42.5 Å². The maximum Gasteiger partial charge on any atom is 0.329 e. The van der Waals surface area contributed by atoms with Gasteiger partial charge in [0.05, 0.1) is 23.7 Å². The smallest absolute Gasteiger partial charge is 0.329 e. The minimum Gasteiger partial charge on any atom is -0.376 e. The number of nitrogens with zero attached hydrogens (tertiary/aromatic N) is 8. The van der Waals surface area contributed by atoms with Crippen LogP contribution in [0.5, 0.6) is 0 Å². The van der Waals surface area contributed by atoms with Gasteiger partial charge in [0.25, 0.3) is 15.8 Å². The lowest BCUT2D eigenvalue weighted by Gasteiger charge is -2.36. The predicted molar refractivity (Wildman–Crippen MR) is 219 cm³/mol. The molecule has 2 amide bonds. The predicted octanol–water partition coefficient (Wildman–Crippen LogP) is 2.31. The highest BCUT2D eigenvalue weighted by molar-refractivity contribution is 7.86. The molecule has 0 radical (unpaired) electrons. The Bertz CT molecular complexity index is 2400. The fraction of sp³-hybridized carbons (Fsp3) is 0.600. The van der Waals surface area contributed by atoms with E-state index in [-0.39, 0.29) is 41.8 Å². The van der Waals surface area contributed by atoms with Crippen molar-refractivity contribution >= 4 is 50.0 Å². The fourth-order valence-electron chi connectivity index (χ4n) is 9.28. The van der Waals surface area contributed by atoms with Gasteiger partial charge in [0.2, 0.25) is 17.8 Å². The molecule has 1 aliphatic carbocycles. The molecule has 4 fully saturated rings. The number of morpholine rings is 1. The van der Waals surface area contributed by atoms with Crippen molar-refractivity contribution < 1.29 is 22.7 Å². The lowest BCUT2D eigenvalue weighted by Crippen LogP contribution is -2.49. The third-order valence-electron chi connectivity index (χ3n) is 12.5. The highest BCUT2D eigenvalue weighted by Crippen LogP contribution is 2.31. The van der Waals surface area contributed by atoms with Crippen molar-refractivity contribution in [3.8, 4) is 0 Å². The van der Waals surface area contributed by atoms with Gasteiger partial charge in [-0.05, 0) is 75.6 Å². The highest BCUT2D eigenvalue weighted by atomic mass is 32.2. The van der Waals surface area contributed by atoms with Crippen molar-refractivity contribution in [2.75, 3.05) is 58.2 Å². The molecule has 17 nitrogen and oxygen atoms in total. The second-order valence-corrected chi connectivity index (χ2v) is 18.3. The van der Waals surface area contributed by atoms with Gasteiger partial charge < -0.3 is 10.1 Å². The number of carbonyl (C=O) groups is 2. The highest BCUT2D eigenvalue weighted by Gasteiger charge is 2.34. The van der Waals surface area contributed by atoms with Gasteiger partial charge in [-0.25, -0.2) is 9.78 Å². The molecule has 312 valence electrons. The summed E-state index contributed by atoms with van der Waals surface area (Å²) in [7, 11) is -0.310. The largest absolute Gasteiger partial charge is 0.376 e. The molecule has 8 rings (SSSR count). The number of imide groups is 1. The quantitative estimate of drug-likeness (QED) is 0.189. The molecule has 2 atom stereocenters. The number of imidazole rings is 1. The number of para-hydroxylation sites is 1. The molecule has 1 aromatic carbocycles. The Morgan fingerprint density at radius 2 is 1.78 bits per heavy atom. The minimum atomic E-state index is -3.66. The van der Waals surface area contributed by atoms with E-state index in [2.05, 4.69) is 20.5 Å². The topological polar surface area (TPSA) is 186 Å². The molecular weight excluding hydrogens is 765 g/mol. The van der Waals surface area contributed by atoms with Crippen LogP contribution in [0.1, 0.15) is 81.9 Å². The van der Waals surface area contributed by atoms with Crippen LogP contribution in [0.4, 0.5) is 5.95 Å². The molecule has 6 heterocycles. The lowest BCUT2D eigenvalue weighted by molar-refractivity contribution is -0.135. The monoisotopic (exact) mass is 818 g/mol. The van der Waals surface area contributed by atoms with Crippen LogP contribution in [-0.2, 0) is 38.0 Å². The molecule has 4 aromatic rings. The van der Waals surface area contributed by atoms with Crippen molar-refractivity contribution in [3.63, 3.8) is 0 Å². The van der Waals surface area contributed by atoms with E-state index < -0.39 is 22.2 Å². The van der Waals surface area contributed by atoms with Gasteiger partial charge in [0.1, 0.15) is 11.7 Å². The molecule has 58 heavy (non-hydrogen) atoms. The normalized spacial score (nSPS) is 22.1. The number of amides is 2. The zero-order chi connectivity index (χ0) is 40.6. The first kappa shape index (κ1) is 40.3. The van der Waals surface area contributed by atoms with Crippen molar-refractivity contribution in [2.24, 2.45) is 7.05 Å². The Morgan fingerprint density at radius 3 is 2.55 bits per heavy atom. The first-order chi connectivity index (χ1) is 28.0. The van der Waals surface area contributed by atoms with Gasteiger partial charge in [0, 0.05) is 83.0 Å². The molecule has 3 aromatic heterocycles. The number of hydrogen-bond donors (Lipinski definition) is 2. The molecule has 1 unspecified atom stereocenters. The van der Waals surface area contributed by atoms with Crippen LogP contribution in [0, 0.1) is 0 Å². The first-order valence-electron chi connectivity index (χ1n) is 20.7. The summed E-state index contributed by atoms with van der Waals surface area (Å²) in [4.78, 5) is 62.1. The summed E-state index contributed by atoms with van der Waals surface area (Å²) in [5.41, 5.74) is 2.83. The second-order valence-electron chi connectivity index (χ2n) is 16.2. The van der Waals surface area contributed by atoms with Crippen LogP contribution in [0.3, 0.4) is 0 Å². The molecule has 1 saturated carbocycles. The van der Waals surface area contributed by atoms with E-state index in [1.54, 1.807) is 41.3 Å². The third-order valence-corrected chi connectivity index (χ3v) is 14.5. The van der Waals surface area contributed by atoms with Gasteiger partial charge in [-0.1, -0.05) is 25.0 Å². The number of aromatic nitrogens is 5. The molecule has 0 bridgehead atoms. The zero-order valence-corrected chi connectivity index (χ0v) is 34.2. The minimum absolute atomic E-state index is 0.00456. The van der Waals surface area contributed by atoms with E-state index in [1.807, 2.05) is 22.8 Å². The third kappa shape index (κ3) is 8.21. The van der Waals surface area contributed by atoms with Crippen LogP contribution >= 0.6 is 0 Å². The first-order valence-corrected chi connectivity index (χ1v) is 22.1. The summed E-state index contributed by atoms with van der Waals surface area (Å²) in [5.74, 6) is -0.310. The number of carbonyl (C=O) groups excluding carboxylic acids is 2. The number of ether oxygens (including phenoxy) is 1. The van der Waals surface area contributed by atoms with Gasteiger partial charge in [-0.15, -0.1) is 0 Å². The lowest BCUT2D eigenvalue weighted by atomic mass is 10.0. The van der Waals surface area contributed by atoms with Crippen LogP contribution < -0.4 is 21.9 Å². The molecule has 2 N–H and O–H groups in total. The SMILES string of the molecule is CN(CC[C@H]1CN(CCCc2cccc3c2n(C)c(=O)n3C2CCC(=O)NC2=O)CCO1)S(=O)(=O)N1CCC(Nc2ncc3ccc(=O)n(C4CCCC4)c3n2)CC1. The number of aryl methyl sites for hydroxylation is 2. The summed E-state index contributed by atoms with van der Waals surface area (Å²) < 4.78 is 41.3. The van der Waals surface area contributed by atoms with Crippen LogP contribution in [0.2, 0.25) is 0 Å². The molecule has 4 aliphatic rings. The average molecular weight is 819 g/mol. The molecular formula is C40H54N10O7S. The summed E-state index contributed by atoms with van der Waals surface area (Å²) >= 11 is 0. The molecule has 0 spiro atoms. The van der Waals surface area contributed by atoms with E-state index >= 15 is 0 Å². The Balaban J connectivity index is 0.808. The van der Waals surface area contributed by atoms with Gasteiger partial charge >= 0.3 is 5.69 Å². The van der Waals surface area contributed by atoms with Crippen LogP contribution in [-0.4, -0.2) is 122 Å². The van der Waals surface area contributed by atoms with Crippen LogP contribution in [0.15, 0.2) is 46.1 Å². The molecule has 3 saturated heterocycles. The average Bonchev–Trinajstić information content (AvgIpc) is 3.84. The maximum absolute atomic E-state index is 13.6. The van der Waals surface area contributed by atoms with Crippen molar-refractivity contribution in [1.29, 1.82) is 0 Å². The summed E-state index contributed by atoms with van der Waals surface area (Å²) in [5, 5.41) is 6.60. The van der Waals surface area contributed by atoms with E-state index in [0.29, 0.717) is 75.6 Å². The maximum atomic E-state index is 13.6. The number of benzene rings is 1. The molecule has 18 heteroatoms. The Labute approximate surface area is 337 Å². The van der Waals surface area contributed by atoms with Gasteiger partial charge in [-0.3, -0.25) is 38.3 Å². The number of anilines is 1.